The molecule has 0 spiro atoms. The summed E-state index contributed by atoms with van der Waals surface area (Å²) in [5, 5.41) is 3.22. The van der Waals surface area contributed by atoms with E-state index in [1.165, 1.54) is 6.07 Å². The van der Waals surface area contributed by atoms with Crippen LogP contribution in [0.4, 0.5) is 8.78 Å². The highest BCUT2D eigenvalue weighted by molar-refractivity contribution is 6.31. The maximum atomic E-state index is 14.3. The van der Waals surface area contributed by atoms with Crippen molar-refractivity contribution in [1.29, 1.82) is 0 Å². The van der Waals surface area contributed by atoms with Gasteiger partial charge in [-0.2, -0.15) is 0 Å². The lowest BCUT2D eigenvalue weighted by Crippen LogP contribution is -2.45. The van der Waals surface area contributed by atoms with Crippen molar-refractivity contribution in [3.05, 3.63) is 34.4 Å². The highest BCUT2D eigenvalue weighted by atomic mass is 35.5. The fourth-order valence-electron chi connectivity index (χ4n) is 2.84. The molecule has 0 aliphatic carbocycles. The van der Waals surface area contributed by atoms with E-state index in [-0.39, 0.29) is 11.1 Å². The largest absolute Gasteiger partial charge is 0.314 e. The average molecular weight is 317 g/mol. The predicted molar refractivity (Wildman–Crippen MR) is 82.6 cm³/mol. The van der Waals surface area contributed by atoms with Crippen LogP contribution in [-0.2, 0) is 0 Å². The van der Waals surface area contributed by atoms with Crippen LogP contribution in [0.1, 0.15) is 38.3 Å². The Hall–Kier alpha value is -0.710. The monoisotopic (exact) mass is 316 g/mol. The summed E-state index contributed by atoms with van der Waals surface area (Å²) in [6, 6.07) is 2.12. The third-order valence-electron chi connectivity index (χ3n) is 4.02. The van der Waals surface area contributed by atoms with Crippen LogP contribution in [0, 0.1) is 17.6 Å². The Morgan fingerprint density at radius 3 is 2.38 bits per heavy atom. The maximum absolute atomic E-state index is 14.3. The third kappa shape index (κ3) is 4.15. The predicted octanol–water partition coefficient (Wildman–Crippen LogP) is 4.00. The molecule has 1 aliphatic rings. The van der Waals surface area contributed by atoms with E-state index in [0.29, 0.717) is 11.5 Å². The Morgan fingerprint density at radius 1 is 1.14 bits per heavy atom. The van der Waals surface area contributed by atoms with E-state index in [0.717, 1.165) is 45.1 Å². The van der Waals surface area contributed by atoms with Gasteiger partial charge >= 0.3 is 0 Å². The molecule has 1 saturated heterocycles. The zero-order chi connectivity index (χ0) is 15.4. The van der Waals surface area contributed by atoms with Crippen LogP contribution < -0.4 is 5.32 Å². The first-order valence-electron chi connectivity index (χ1n) is 7.59. The minimum absolute atomic E-state index is 0.0673. The van der Waals surface area contributed by atoms with Crippen LogP contribution in [0.25, 0.3) is 0 Å². The number of hydrogen-bond acceptors (Lipinski definition) is 2. The maximum Gasteiger partial charge on any atom is 0.142 e. The van der Waals surface area contributed by atoms with E-state index in [9.17, 15) is 8.78 Å². The summed E-state index contributed by atoms with van der Waals surface area (Å²) in [6.45, 7) is 7.67. The molecule has 1 N–H and O–H groups in total. The first kappa shape index (κ1) is 16.7. The van der Waals surface area contributed by atoms with Gasteiger partial charge in [0.25, 0.3) is 0 Å². The Labute approximate surface area is 130 Å². The molecular formula is C16H23ClF2N2. The molecule has 1 aliphatic heterocycles. The van der Waals surface area contributed by atoms with Crippen molar-refractivity contribution in [2.24, 2.45) is 5.92 Å². The number of rotatable bonds is 5. The van der Waals surface area contributed by atoms with Gasteiger partial charge in [-0.05, 0) is 30.9 Å². The minimum atomic E-state index is -0.544. The third-order valence-corrected chi connectivity index (χ3v) is 4.41. The van der Waals surface area contributed by atoms with Gasteiger partial charge in [0.05, 0.1) is 5.02 Å². The van der Waals surface area contributed by atoms with Crippen molar-refractivity contribution >= 4 is 11.6 Å². The minimum Gasteiger partial charge on any atom is -0.314 e. The molecule has 0 bridgehead atoms. The molecule has 1 aromatic rings. The first-order valence-corrected chi connectivity index (χ1v) is 7.96. The lowest BCUT2D eigenvalue weighted by Gasteiger charge is -2.36. The summed E-state index contributed by atoms with van der Waals surface area (Å²) < 4.78 is 28.0. The van der Waals surface area contributed by atoms with Crippen molar-refractivity contribution in [3.8, 4) is 0 Å². The molecule has 2 nitrogen and oxygen atoms in total. The Kier molecular flexibility index (Phi) is 5.97. The van der Waals surface area contributed by atoms with E-state index in [4.69, 9.17) is 11.6 Å². The molecule has 118 valence electrons. The number of nitrogens with one attached hydrogen (secondary N) is 1. The molecule has 0 saturated carbocycles. The van der Waals surface area contributed by atoms with E-state index in [1.54, 1.807) is 0 Å². The first-order chi connectivity index (χ1) is 10.0. The molecule has 0 amide bonds. The summed E-state index contributed by atoms with van der Waals surface area (Å²) in [6.07, 6.45) is 1.75. The Bertz CT molecular complexity index is 474. The van der Waals surface area contributed by atoms with E-state index < -0.39 is 11.6 Å². The number of benzene rings is 1. The number of nitrogens with zero attached hydrogens (tertiary/aromatic N) is 1. The highest BCUT2D eigenvalue weighted by Gasteiger charge is 2.28. The molecule has 1 heterocycles. The highest BCUT2D eigenvalue weighted by Crippen LogP contribution is 2.35. The number of piperazine rings is 1. The quantitative estimate of drug-likeness (QED) is 0.826. The van der Waals surface area contributed by atoms with Crippen molar-refractivity contribution < 1.29 is 8.78 Å². The second kappa shape index (κ2) is 7.52. The van der Waals surface area contributed by atoms with E-state index in [1.807, 2.05) is 0 Å². The van der Waals surface area contributed by atoms with E-state index >= 15 is 0 Å². The zero-order valence-corrected chi connectivity index (χ0v) is 13.4. The van der Waals surface area contributed by atoms with Crippen LogP contribution in [0.5, 0.6) is 0 Å². The Balaban J connectivity index is 2.31. The van der Waals surface area contributed by atoms with Gasteiger partial charge in [-0.3, -0.25) is 4.90 Å². The fourth-order valence-corrected chi connectivity index (χ4v) is 3.12. The number of halogens is 3. The van der Waals surface area contributed by atoms with Gasteiger partial charge in [0.2, 0.25) is 0 Å². The molecule has 21 heavy (non-hydrogen) atoms. The molecule has 2 rings (SSSR count). The topological polar surface area (TPSA) is 15.3 Å². The number of hydrogen-bond donors (Lipinski definition) is 1. The molecule has 1 atom stereocenters. The molecule has 0 aromatic heterocycles. The van der Waals surface area contributed by atoms with Crippen molar-refractivity contribution in [2.75, 3.05) is 26.2 Å². The van der Waals surface area contributed by atoms with Gasteiger partial charge < -0.3 is 5.32 Å². The molecular weight excluding hydrogens is 294 g/mol. The molecule has 1 fully saturated rings. The van der Waals surface area contributed by atoms with Gasteiger partial charge in [0.15, 0.2) is 0 Å². The fraction of sp³-hybridized carbons (Fsp3) is 0.625. The summed E-state index contributed by atoms with van der Waals surface area (Å²) in [5.41, 5.74) is 0.319. The molecule has 0 unspecified atom stereocenters. The standard InChI is InChI=1S/C16H23ClF2N2/c1-11(2)3-6-14(21-9-7-20-8-10-21)15-12(18)4-5-13(19)16(15)17/h4-5,11,14,20H,3,6-10H2,1-2H3/t14-/m1/s1. The Morgan fingerprint density at radius 2 is 1.76 bits per heavy atom. The van der Waals surface area contributed by atoms with E-state index in [2.05, 4.69) is 24.1 Å². The lowest BCUT2D eigenvalue weighted by molar-refractivity contribution is 0.156. The average Bonchev–Trinajstić information content (AvgIpc) is 2.47. The van der Waals surface area contributed by atoms with Gasteiger partial charge in [0, 0.05) is 37.8 Å². The van der Waals surface area contributed by atoms with Crippen molar-refractivity contribution in [3.63, 3.8) is 0 Å². The molecule has 5 heteroatoms. The van der Waals surface area contributed by atoms with Crippen LogP contribution in [-0.4, -0.2) is 31.1 Å². The summed E-state index contributed by atoms with van der Waals surface area (Å²) in [5.74, 6) is -0.433. The smallest absolute Gasteiger partial charge is 0.142 e. The second-order valence-electron chi connectivity index (χ2n) is 6.03. The van der Waals surface area contributed by atoms with Crippen molar-refractivity contribution in [1.82, 2.24) is 10.2 Å². The van der Waals surface area contributed by atoms with Crippen LogP contribution in [0.15, 0.2) is 12.1 Å². The van der Waals surface area contributed by atoms with Crippen LogP contribution >= 0.6 is 11.6 Å². The van der Waals surface area contributed by atoms with Crippen molar-refractivity contribution in [2.45, 2.75) is 32.7 Å². The zero-order valence-electron chi connectivity index (χ0n) is 12.6. The SMILES string of the molecule is CC(C)CC[C@H](c1c(F)ccc(F)c1Cl)N1CCNCC1. The van der Waals surface area contributed by atoms with Crippen LogP contribution in [0.2, 0.25) is 5.02 Å². The molecule has 0 radical (unpaired) electrons. The van der Waals surface area contributed by atoms with Crippen LogP contribution in [0.3, 0.4) is 0 Å². The van der Waals surface area contributed by atoms with Gasteiger partial charge in [0.1, 0.15) is 11.6 Å². The lowest BCUT2D eigenvalue weighted by atomic mass is 9.95. The van der Waals surface area contributed by atoms with Gasteiger partial charge in [-0.15, -0.1) is 0 Å². The summed E-state index contributed by atoms with van der Waals surface area (Å²) in [7, 11) is 0. The summed E-state index contributed by atoms with van der Waals surface area (Å²) >= 11 is 6.07. The van der Waals surface area contributed by atoms with Gasteiger partial charge in [-0.25, -0.2) is 8.78 Å². The molecule has 1 aromatic carbocycles. The van der Waals surface area contributed by atoms with Gasteiger partial charge in [-0.1, -0.05) is 25.4 Å². The normalized spacial score (nSPS) is 18.2. The second-order valence-corrected chi connectivity index (χ2v) is 6.41. The summed E-state index contributed by atoms with van der Waals surface area (Å²) in [4.78, 5) is 2.21.